The van der Waals surface area contributed by atoms with E-state index in [0.29, 0.717) is 11.3 Å². The Kier molecular flexibility index (Phi) is 2.71. The van der Waals surface area contributed by atoms with Crippen LogP contribution in [0.1, 0.15) is 11.1 Å². The molecule has 0 atom stereocenters. The van der Waals surface area contributed by atoms with Gasteiger partial charge < -0.3 is 14.6 Å². The Hall–Kier alpha value is -2.12. The van der Waals surface area contributed by atoms with Crippen molar-refractivity contribution in [3.8, 4) is 5.75 Å². The van der Waals surface area contributed by atoms with Gasteiger partial charge in [-0.05, 0) is 30.4 Å². The SMILES string of the molecule is COC1=CC=C=C(O)c2ccc(OC)cc21. The van der Waals surface area contributed by atoms with Crippen LogP contribution in [-0.4, -0.2) is 19.3 Å². The summed E-state index contributed by atoms with van der Waals surface area (Å²) in [5, 5.41) is 9.76. The average molecular weight is 216 g/mol. The zero-order valence-corrected chi connectivity index (χ0v) is 9.15. The molecule has 0 fully saturated rings. The van der Waals surface area contributed by atoms with E-state index in [9.17, 15) is 5.11 Å². The topological polar surface area (TPSA) is 38.7 Å². The highest BCUT2D eigenvalue weighted by Gasteiger charge is 2.14. The van der Waals surface area contributed by atoms with E-state index < -0.39 is 0 Å². The first-order valence-electron chi connectivity index (χ1n) is 4.85. The zero-order valence-electron chi connectivity index (χ0n) is 9.15. The van der Waals surface area contributed by atoms with E-state index in [1.807, 2.05) is 6.07 Å². The Morgan fingerprint density at radius 1 is 1.12 bits per heavy atom. The van der Waals surface area contributed by atoms with Crippen molar-refractivity contribution in [3.63, 3.8) is 0 Å². The highest BCUT2D eigenvalue weighted by molar-refractivity contribution is 5.77. The molecule has 1 aromatic rings. The standard InChI is InChI=1S/C13H12O3/c1-15-9-6-7-10-11(8-9)13(16-2)5-3-4-12(10)14/h3,5-8,14H,1-2H3. The molecule has 0 bridgehead atoms. The highest BCUT2D eigenvalue weighted by Crippen LogP contribution is 2.29. The van der Waals surface area contributed by atoms with E-state index >= 15 is 0 Å². The lowest BCUT2D eigenvalue weighted by atomic mass is 10.0. The van der Waals surface area contributed by atoms with Crippen molar-refractivity contribution in [1.29, 1.82) is 0 Å². The predicted molar refractivity (Wildman–Crippen MR) is 62.1 cm³/mol. The number of aliphatic hydroxyl groups excluding tert-OH is 1. The van der Waals surface area contributed by atoms with Crippen LogP contribution in [0.4, 0.5) is 0 Å². The van der Waals surface area contributed by atoms with E-state index in [1.165, 1.54) is 0 Å². The molecule has 82 valence electrons. The van der Waals surface area contributed by atoms with Gasteiger partial charge in [0.2, 0.25) is 0 Å². The molecule has 2 rings (SSSR count). The summed E-state index contributed by atoms with van der Waals surface area (Å²) in [6, 6.07) is 5.39. The molecule has 0 spiro atoms. The molecule has 0 unspecified atom stereocenters. The molecule has 1 aromatic carbocycles. The second-order valence-electron chi connectivity index (χ2n) is 3.31. The quantitative estimate of drug-likeness (QED) is 0.772. The van der Waals surface area contributed by atoms with Crippen molar-refractivity contribution in [1.82, 2.24) is 0 Å². The fraction of sp³-hybridized carbons (Fsp3) is 0.154. The molecule has 1 N–H and O–H groups in total. The molecular weight excluding hydrogens is 204 g/mol. The Labute approximate surface area is 93.9 Å². The molecule has 0 saturated carbocycles. The monoisotopic (exact) mass is 216 g/mol. The number of aliphatic hydroxyl groups is 1. The van der Waals surface area contributed by atoms with E-state index in [-0.39, 0.29) is 5.76 Å². The van der Waals surface area contributed by atoms with Gasteiger partial charge in [-0.15, -0.1) is 0 Å². The molecule has 1 aliphatic carbocycles. The van der Waals surface area contributed by atoms with Crippen LogP contribution in [0.3, 0.4) is 0 Å². The van der Waals surface area contributed by atoms with Crippen LogP contribution in [0.2, 0.25) is 0 Å². The zero-order chi connectivity index (χ0) is 11.5. The summed E-state index contributed by atoms with van der Waals surface area (Å²) in [5.41, 5.74) is 4.23. The van der Waals surface area contributed by atoms with Gasteiger partial charge in [-0.2, -0.15) is 0 Å². The smallest absolute Gasteiger partial charge is 0.167 e. The van der Waals surface area contributed by atoms with Crippen LogP contribution in [0.25, 0.3) is 11.5 Å². The number of allylic oxidation sites excluding steroid dienone is 2. The molecule has 0 aromatic heterocycles. The lowest BCUT2D eigenvalue weighted by molar-refractivity contribution is 0.368. The Morgan fingerprint density at radius 2 is 1.94 bits per heavy atom. The summed E-state index contributed by atoms with van der Waals surface area (Å²) >= 11 is 0. The van der Waals surface area contributed by atoms with Gasteiger partial charge in [0, 0.05) is 11.1 Å². The largest absolute Gasteiger partial charge is 0.501 e. The molecule has 0 radical (unpaired) electrons. The van der Waals surface area contributed by atoms with Crippen molar-refractivity contribution < 1.29 is 14.6 Å². The highest BCUT2D eigenvalue weighted by atomic mass is 16.5. The fourth-order valence-corrected chi connectivity index (χ4v) is 1.60. The van der Waals surface area contributed by atoms with Gasteiger partial charge in [0.1, 0.15) is 11.5 Å². The second-order valence-corrected chi connectivity index (χ2v) is 3.31. The molecule has 0 saturated heterocycles. The molecule has 0 amide bonds. The lowest BCUT2D eigenvalue weighted by Crippen LogP contribution is -1.95. The summed E-state index contributed by atoms with van der Waals surface area (Å²) in [7, 11) is 3.19. The predicted octanol–water partition coefficient (Wildman–Crippen LogP) is 2.75. The number of fused-ring (bicyclic) bond motifs is 1. The lowest BCUT2D eigenvalue weighted by Gasteiger charge is -2.11. The van der Waals surface area contributed by atoms with Gasteiger partial charge in [-0.25, -0.2) is 0 Å². The van der Waals surface area contributed by atoms with E-state index in [2.05, 4.69) is 5.73 Å². The van der Waals surface area contributed by atoms with Crippen molar-refractivity contribution in [2.24, 2.45) is 0 Å². The van der Waals surface area contributed by atoms with Gasteiger partial charge in [-0.1, -0.05) is 5.73 Å². The van der Waals surface area contributed by atoms with E-state index in [0.717, 1.165) is 11.3 Å². The normalized spacial score (nSPS) is 13.4. The minimum atomic E-state index is 0.0981. The van der Waals surface area contributed by atoms with Gasteiger partial charge in [0.25, 0.3) is 0 Å². The van der Waals surface area contributed by atoms with Gasteiger partial charge in [0.05, 0.1) is 14.2 Å². The Bertz CT molecular complexity index is 506. The summed E-state index contributed by atoms with van der Waals surface area (Å²) in [4.78, 5) is 0. The first-order chi connectivity index (χ1) is 7.76. The molecule has 0 heterocycles. The first-order valence-corrected chi connectivity index (χ1v) is 4.85. The summed E-state index contributed by atoms with van der Waals surface area (Å²) in [6.45, 7) is 0. The molecule has 3 heteroatoms. The number of methoxy groups -OCH3 is 2. The Balaban J connectivity index is 2.65. The fourth-order valence-electron chi connectivity index (χ4n) is 1.60. The summed E-state index contributed by atoms with van der Waals surface area (Å²) in [5.74, 6) is 1.49. The summed E-state index contributed by atoms with van der Waals surface area (Å²) < 4.78 is 10.4. The van der Waals surface area contributed by atoms with Gasteiger partial charge >= 0.3 is 0 Å². The number of hydrogen-bond donors (Lipinski definition) is 1. The Morgan fingerprint density at radius 3 is 2.62 bits per heavy atom. The van der Waals surface area contributed by atoms with Crippen LogP contribution in [-0.2, 0) is 4.74 Å². The maximum absolute atomic E-state index is 9.76. The third-order valence-electron chi connectivity index (χ3n) is 2.42. The first kappa shape index (κ1) is 10.4. The number of ether oxygens (including phenoxy) is 2. The van der Waals surface area contributed by atoms with E-state index in [1.54, 1.807) is 38.5 Å². The maximum Gasteiger partial charge on any atom is 0.167 e. The number of hydrogen-bond acceptors (Lipinski definition) is 3. The van der Waals surface area contributed by atoms with Crippen LogP contribution in [0, 0.1) is 0 Å². The summed E-state index contributed by atoms with van der Waals surface area (Å²) in [6.07, 6.45) is 3.38. The van der Waals surface area contributed by atoms with Crippen molar-refractivity contribution in [2.45, 2.75) is 0 Å². The third-order valence-corrected chi connectivity index (χ3v) is 2.42. The number of benzene rings is 1. The van der Waals surface area contributed by atoms with Crippen molar-refractivity contribution >= 4 is 11.5 Å². The van der Waals surface area contributed by atoms with Crippen LogP contribution in [0.15, 0.2) is 36.1 Å². The van der Waals surface area contributed by atoms with E-state index in [4.69, 9.17) is 9.47 Å². The van der Waals surface area contributed by atoms with Crippen LogP contribution < -0.4 is 4.74 Å². The average Bonchev–Trinajstić information content (AvgIpc) is 2.48. The third kappa shape index (κ3) is 1.69. The van der Waals surface area contributed by atoms with Crippen LogP contribution in [0.5, 0.6) is 5.75 Å². The molecule has 1 aliphatic rings. The molecule has 16 heavy (non-hydrogen) atoms. The van der Waals surface area contributed by atoms with Gasteiger partial charge in [-0.3, -0.25) is 0 Å². The van der Waals surface area contributed by atoms with Crippen molar-refractivity contribution in [3.05, 3.63) is 47.2 Å². The maximum atomic E-state index is 9.76. The van der Waals surface area contributed by atoms with Crippen molar-refractivity contribution in [2.75, 3.05) is 14.2 Å². The minimum Gasteiger partial charge on any atom is -0.501 e. The van der Waals surface area contributed by atoms with Crippen LogP contribution >= 0.6 is 0 Å². The second kappa shape index (κ2) is 4.17. The minimum absolute atomic E-state index is 0.0981. The molecule has 0 aliphatic heterocycles. The molecule has 3 nitrogen and oxygen atoms in total. The molecular formula is C13H12O3. The van der Waals surface area contributed by atoms with Gasteiger partial charge in [0.15, 0.2) is 5.76 Å². The number of rotatable bonds is 2.